The molecule has 3 fully saturated rings. The first-order valence-corrected chi connectivity index (χ1v) is 45.5. The number of likely N-dealkylation sites (N-methyl/N-ethyl adjacent to an activating group) is 3. The number of aromatic nitrogens is 2. The maximum Gasteiger partial charge on any atom is 0.305 e. The van der Waals surface area contributed by atoms with Crippen molar-refractivity contribution in [3.63, 3.8) is 0 Å². The van der Waals surface area contributed by atoms with E-state index in [4.69, 9.17) is 27.7 Å². The van der Waals surface area contributed by atoms with Crippen LogP contribution in [-0.4, -0.2) is 331 Å². The number of para-hydroxylation sites is 2. The van der Waals surface area contributed by atoms with E-state index in [1.807, 2.05) is 13.8 Å². The molecule has 0 aliphatic carbocycles. The Morgan fingerprint density at radius 1 is 0.530 bits per heavy atom. The molecule has 0 bridgehead atoms. The number of ether oxygens (including phenoxy) is 1. The zero-order valence-corrected chi connectivity index (χ0v) is 76.1. The van der Waals surface area contributed by atoms with Crippen LogP contribution in [0.4, 0.5) is 0 Å². The fraction of sp³-hybridized carbons (Fsp3) is 0.557. The van der Waals surface area contributed by atoms with E-state index < -0.39 is 255 Å². The van der Waals surface area contributed by atoms with E-state index in [1.54, 1.807) is 79.0 Å². The number of primary amides is 1. The van der Waals surface area contributed by atoms with E-state index in [1.165, 1.54) is 41.4 Å². The van der Waals surface area contributed by atoms with Gasteiger partial charge in [-0.2, -0.15) is 0 Å². The Kier molecular flexibility index (Phi) is 40.5. The topological polar surface area (TPSA) is 652 Å². The summed E-state index contributed by atoms with van der Waals surface area (Å²) >= 11 is 0.861. The number of aromatic amines is 2. The number of nitrogens with one attached hydrogen (secondary N) is 12. The molecule has 3 saturated heterocycles. The number of carboxylic acid groups (broad SMARTS) is 2. The third-order valence-corrected chi connectivity index (χ3v) is 24.9. The van der Waals surface area contributed by atoms with Crippen LogP contribution >= 0.6 is 11.8 Å². The molecule has 43 nitrogen and oxygen atoms in total. The highest BCUT2D eigenvalue weighted by atomic mass is 32.2. The van der Waals surface area contributed by atoms with Crippen LogP contribution in [0.15, 0.2) is 85.2 Å². The lowest BCUT2D eigenvalue weighted by molar-refractivity contribution is -0.149. The Morgan fingerprint density at radius 3 is 1.65 bits per heavy atom. The molecule has 3 aliphatic heterocycles. The highest BCUT2D eigenvalue weighted by Gasteiger charge is 2.47. The number of unbranched alkanes of at least 4 members (excludes halogenated alkanes) is 2. The summed E-state index contributed by atoms with van der Waals surface area (Å²) in [7, 11) is 5.39. The number of nitrogens with two attached hydrogens (primary N) is 4. The summed E-state index contributed by atoms with van der Waals surface area (Å²) in [5.41, 5.74) is 26.2. The molecule has 132 heavy (non-hydrogen) atoms. The normalized spacial score (nSPS) is 25.3. The second-order valence-electron chi connectivity index (χ2n) is 33.3. The number of nitrogens with zero attached hydrogens (tertiary/aromatic N) is 5. The molecule has 15 amide bonds. The van der Waals surface area contributed by atoms with Crippen molar-refractivity contribution < 1.29 is 107 Å². The molecule has 2 aromatic heterocycles. The Labute approximate surface area is 767 Å². The second kappa shape index (κ2) is 50.9. The number of aliphatic carboxylic acids is 2. The Balaban J connectivity index is 1.19. The lowest BCUT2D eigenvalue weighted by Crippen LogP contribution is -2.62. The molecular weight excluding hydrogens is 1740 g/mol. The molecule has 5 aromatic rings. The largest absolute Gasteiger partial charge is 0.497 e. The molecule has 44 heteroatoms. The Bertz CT molecular complexity index is 4880. The van der Waals surface area contributed by atoms with E-state index in [-0.39, 0.29) is 83.2 Å². The summed E-state index contributed by atoms with van der Waals surface area (Å²) in [6.45, 7) is 2.92. The standard InChI is InChI=1S/C88H127N21O22S/c1-8-10-23-67-81(123)97-58(22-16-33-89)77(119)104-66(76(118)95-44-71(92)111)46-132-47-72(112)96-63(36-49-26-28-53(131-7)29-27-49)84(126)105(4)48(3)75(117)98-60(32-34-90)86(128)108-35-17-25-68(108)82(124)103-65(41-91)80(122)99-59(30-31-73(113)114)87(129)109-45-52(110)39-70(109)83(125)101-61(37-50-42-93-56-20-14-12-18-54(50)56)78(120)100-62(40-74(115)116)79(121)102-64(38-51-43-94-57-21-15-13-19-55(51)57)85(127)107(6)69(24-11-9-2)88(130)106(67)5/h12-15,18-21,26-29,42-43,48,52,58-70,76,93-95,110,118H,8-11,16-17,22-25,30-41,44-47,89-91H2,1-7H3,(H2,92,111)(H,96,112)(H,97,123)(H,98,117)(H,99,122)(H,100,120)(H,101,125)(H,102,121)(H,103,124)(H,104,119)(H,113,114)(H,115,116)/t48-,52+,58?,59-,60-,61-,62-,63-,64-,65?,66-,67-,68-,69-,70-,76?/m0/s1. The lowest BCUT2D eigenvalue weighted by atomic mass is 9.99. The van der Waals surface area contributed by atoms with Crippen molar-refractivity contribution in [1.29, 1.82) is 0 Å². The number of carbonyl (C=O) groups is 17. The van der Waals surface area contributed by atoms with Gasteiger partial charge in [-0.3, -0.25) is 86.8 Å². The molecule has 24 N–H and O–H groups in total. The first kappa shape index (κ1) is 105. The number of aliphatic hydroxyl groups excluding tert-OH is 2. The van der Waals surface area contributed by atoms with Crippen LogP contribution in [0.25, 0.3) is 21.8 Å². The molecule has 8 rings (SSSR count). The predicted octanol–water partition coefficient (Wildman–Crippen LogP) is -3.59. The number of benzene rings is 3. The van der Waals surface area contributed by atoms with Crippen molar-refractivity contribution in [2.45, 2.75) is 233 Å². The average Bonchev–Trinajstić information content (AvgIpc) is 1.78. The monoisotopic (exact) mass is 1860 g/mol. The van der Waals surface area contributed by atoms with Gasteiger partial charge in [-0.05, 0) is 112 Å². The summed E-state index contributed by atoms with van der Waals surface area (Å²) in [6.07, 6.45) is -2.48. The number of H-pyrrole nitrogens is 2. The molecule has 0 spiro atoms. The molecule has 3 unspecified atom stereocenters. The minimum Gasteiger partial charge on any atom is -0.497 e. The third-order valence-electron chi connectivity index (χ3n) is 23.8. The van der Waals surface area contributed by atoms with Crippen molar-refractivity contribution >= 4 is 134 Å². The lowest BCUT2D eigenvalue weighted by Gasteiger charge is -2.36. The molecule has 16 atom stereocenters. The number of carbonyl (C=O) groups excluding carboxylic acids is 15. The number of hydrogen-bond donors (Lipinski definition) is 20. The first-order valence-electron chi connectivity index (χ1n) is 44.3. The van der Waals surface area contributed by atoms with Gasteiger partial charge in [-0.15, -0.1) is 11.8 Å². The number of rotatable bonds is 28. The van der Waals surface area contributed by atoms with E-state index in [0.717, 1.165) is 36.3 Å². The number of amides is 15. The number of methoxy groups -OCH3 is 1. The molecule has 0 radical (unpaired) electrons. The van der Waals surface area contributed by atoms with Crippen molar-refractivity contribution in [3.05, 3.63) is 102 Å². The number of fused-ring (bicyclic) bond motifs is 4. The van der Waals surface area contributed by atoms with Gasteiger partial charge in [0, 0.05) is 113 Å². The Morgan fingerprint density at radius 2 is 1.05 bits per heavy atom. The molecule has 0 saturated carbocycles. The van der Waals surface area contributed by atoms with E-state index >= 15 is 33.6 Å². The summed E-state index contributed by atoms with van der Waals surface area (Å²) in [4.78, 5) is 259. The quantitative estimate of drug-likeness (QED) is 0.0215. The molecule has 5 heterocycles. The smallest absolute Gasteiger partial charge is 0.305 e. The van der Waals surface area contributed by atoms with Crippen molar-refractivity contribution in [2.75, 3.05) is 79.0 Å². The van der Waals surface area contributed by atoms with E-state index in [9.17, 15) is 68.4 Å². The van der Waals surface area contributed by atoms with Gasteiger partial charge in [-0.1, -0.05) is 88.1 Å². The van der Waals surface area contributed by atoms with Crippen LogP contribution in [-0.2, 0) is 101 Å². The van der Waals surface area contributed by atoms with Crippen LogP contribution in [0.3, 0.4) is 0 Å². The zero-order chi connectivity index (χ0) is 96.7. The minimum atomic E-state index is -2.07. The van der Waals surface area contributed by atoms with Crippen molar-refractivity contribution in [3.8, 4) is 5.75 Å². The van der Waals surface area contributed by atoms with Gasteiger partial charge < -0.3 is 130 Å². The molecule has 722 valence electrons. The van der Waals surface area contributed by atoms with Gasteiger partial charge in [0.1, 0.15) is 90.5 Å². The fourth-order valence-electron chi connectivity index (χ4n) is 16.3. The fourth-order valence-corrected chi connectivity index (χ4v) is 17.2. The molecule has 3 aromatic carbocycles. The predicted molar refractivity (Wildman–Crippen MR) is 484 cm³/mol. The van der Waals surface area contributed by atoms with Gasteiger partial charge in [0.05, 0.1) is 38.0 Å². The van der Waals surface area contributed by atoms with Gasteiger partial charge >= 0.3 is 11.9 Å². The highest BCUT2D eigenvalue weighted by Crippen LogP contribution is 2.28. The maximum atomic E-state index is 15.8. The van der Waals surface area contributed by atoms with E-state index in [0.29, 0.717) is 69.9 Å². The first-order chi connectivity index (χ1) is 62.9. The van der Waals surface area contributed by atoms with Crippen LogP contribution in [0.2, 0.25) is 0 Å². The van der Waals surface area contributed by atoms with Gasteiger partial charge in [0.2, 0.25) is 88.6 Å². The maximum absolute atomic E-state index is 15.8. The van der Waals surface area contributed by atoms with Crippen molar-refractivity contribution in [2.24, 2.45) is 22.9 Å². The van der Waals surface area contributed by atoms with Crippen LogP contribution in [0, 0.1) is 0 Å². The molecular formula is C88H127N21O22S. The zero-order valence-electron chi connectivity index (χ0n) is 75.3. The number of carboxylic acids is 2. The summed E-state index contributed by atoms with van der Waals surface area (Å²) in [5, 5.41) is 70.9. The summed E-state index contributed by atoms with van der Waals surface area (Å²) in [5.74, 6) is -17.6. The summed E-state index contributed by atoms with van der Waals surface area (Å²) < 4.78 is 5.34. The molecule has 3 aliphatic rings. The van der Waals surface area contributed by atoms with Crippen molar-refractivity contribution in [1.82, 2.24) is 87.6 Å². The average molecular weight is 1860 g/mol. The van der Waals surface area contributed by atoms with Gasteiger partial charge in [0.15, 0.2) is 0 Å². The van der Waals surface area contributed by atoms with E-state index in [2.05, 4.69) is 63.1 Å². The number of aliphatic hydroxyl groups is 2. The van der Waals surface area contributed by atoms with Crippen LogP contribution in [0.1, 0.15) is 134 Å². The summed E-state index contributed by atoms with van der Waals surface area (Å²) in [6, 6.07) is -1.66. The van der Waals surface area contributed by atoms with Crippen LogP contribution < -0.4 is 80.8 Å². The van der Waals surface area contributed by atoms with Crippen LogP contribution in [0.5, 0.6) is 5.75 Å². The Hall–Kier alpha value is -12.4. The van der Waals surface area contributed by atoms with Gasteiger partial charge in [0.25, 0.3) is 0 Å². The number of thioether (sulfide) groups is 1. The van der Waals surface area contributed by atoms with Gasteiger partial charge in [-0.25, -0.2) is 0 Å². The highest BCUT2D eigenvalue weighted by molar-refractivity contribution is 8.00. The SMILES string of the molecule is CCCC[C@H]1C(=O)N(C)[C@@H](CCCC)C(=O)NC(CCCN)C(=O)N[C@H](C(O)NCC(N)=O)CSCC(=O)N[C@@H](Cc2ccc(OC)cc2)C(=O)N(C)[C@@H](C)C(=O)N[C@@H](CCN)C(=O)N2CCC[C@H]2C(=O)NC(CN)C(=O)N[C@@H](CCC(=O)O)C(=O)N2C[C@H](O)C[C@H]2C(=O)N[C@@H](Cc2c[nH]c3ccccc23)C(=O)N[C@@H](CC(=O)O)C(=O)N[C@@H](Cc2c[nH]c3ccccc23)C(=O)N1C. The minimum absolute atomic E-state index is 0.000270. The number of hydrogen-bond acceptors (Lipinski definition) is 25. The third kappa shape index (κ3) is 29.1. The second-order valence-corrected chi connectivity index (χ2v) is 34.4.